The van der Waals surface area contributed by atoms with Crippen LogP contribution in [0.1, 0.15) is 0 Å². The molecule has 0 N–H and O–H groups in total. The van der Waals surface area contributed by atoms with Crippen LogP contribution in [0.3, 0.4) is 0 Å². The summed E-state index contributed by atoms with van der Waals surface area (Å²) in [4.78, 5) is 6.93. The van der Waals surface area contributed by atoms with Crippen LogP contribution in [0, 0.1) is 0 Å². The lowest BCUT2D eigenvalue weighted by molar-refractivity contribution is 1.28. The molecule has 232 valence electrons. The molecule has 0 unspecified atom stereocenters. The third-order valence-corrected chi connectivity index (χ3v) is 8.93. The maximum Gasteiger partial charge on any atom is 0.0701 e. The summed E-state index contributed by atoms with van der Waals surface area (Å²) >= 11 is 0. The van der Waals surface area contributed by atoms with Crippen molar-refractivity contribution >= 4 is 17.1 Å². The van der Waals surface area contributed by atoms with Crippen molar-refractivity contribution in [2.24, 2.45) is 0 Å². The predicted molar refractivity (Wildman–Crippen MR) is 206 cm³/mol. The molecule has 8 rings (SSSR count). The molecule has 0 bridgehead atoms. The van der Waals surface area contributed by atoms with Crippen molar-refractivity contribution in [2.75, 3.05) is 4.90 Å². The first-order valence-electron chi connectivity index (χ1n) is 16.6. The molecule has 49 heavy (non-hydrogen) atoms. The van der Waals surface area contributed by atoms with Crippen LogP contribution in [-0.4, -0.2) is 4.98 Å². The fourth-order valence-corrected chi connectivity index (χ4v) is 6.39. The van der Waals surface area contributed by atoms with Crippen molar-refractivity contribution in [2.45, 2.75) is 0 Å². The van der Waals surface area contributed by atoms with Crippen LogP contribution in [0.5, 0.6) is 0 Å². The molecule has 0 atom stereocenters. The van der Waals surface area contributed by atoms with Crippen molar-refractivity contribution in [1.82, 2.24) is 4.98 Å². The van der Waals surface area contributed by atoms with Crippen molar-refractivity contribution in [3.05, 3.63) is 206 Å². The highest BCUT2D eigenvalue weighted by molar-refractivity contribution is 5.86. The van der Waals surface area contributed by atoms with Gasteiger partial charge < -0.3 is 4.90 Å². The van der Waals surface area contributed by atoms with Gasteiger partial charge >= 0.3 is 0 Å². The first-order valence-corrected chi connectivity index (χ1v) is 16.6. The van der Waals surface area contributed by atoms with E-state index in [1.165, 1.54) is 44.5 Å². The van der Waals surface area contributed by atoms with Gasteiger partial charge in [0.2, 0.25) is 0 Å². The number of anilines is 3. The average molecular weight is 627 g/mol. The molecule has 0 fully saturated rings. The van der Waals surface area contributed by atoms with E-state index in [9.17, 15) is 0 Å². The van der Waals surface area contributed by atoms with Crippen LogP contribution in [0.2, 0.25) is 0 Å². The van der Waals surface area contributed by atoms with Gasteiger partial charge in [-0.15, -0.1) is 0 Å². The van der Waals surface area contributed by atoms with Crippen molar-refractivity contribution in [1.29, 1.82) is 0 Å². The largest absolute Gasteiger partial charge is 0.310 e. The van der Waals surface area contributed by atoms with Gasteiger partial charge in [-0.3, -0.25) is 4.98 Å². The average Bonchev–Trinajstić information content (AvgIpc) is 3.20. The second-order valence-electron chi connectivity index (χ2n) is 12.1. The smallest absolute Gasteiger partial charge is 0.0701 e. The number of aromatic nitrogens is 1. The van der Waals surface area contributed by atoms with E-state index in [4.69, 9.17) is 0 Å². The van der Waals surface area contributed by atoms with Gasteiger partial charge in [-0.2, -0.15) is 0 Å². The molecular weight excluding hydrogens is 593 g/mol. The molecule has 0 radical (unpaired) electrons. The monoisotopic (exact) mass is 626 g/mol. The zero-order chi connectivity index (χ0) is 32.8. The number of hydrogen-bond acceptors (Lipinski definition) is 2. The molecule has 0 aliphatic carbocycles. The lowest BCUT2D eigenvalue weighted by atomic mass is 9.97. The van der Waals surface area contributed by atoms with Gasteiger partial charge in [0.05, 0.1) is 5.69 Å². The van der Waals surface area contributed by atoms with Gasteiger partial charge in [-0.05, 0) is 99.1 Å². The van der Waals surface area contributed by atoms with E-state index in [0.717, 1.165) is 28.3 Å². The standard InChI is InChI=1S/C47H34N2/c1-4-12-35(13-5-1)38-19-21-39(22-20-38)40-23-27-44(28-24-40)49(45-29-25-41(26-30-45)47-18-10-11-31-48-47)46-33-42(36-14-6-2-7-15-36)32-43(34-46)37-16-8-3-9-17-37/h1-34H. The first kappa shape index (κ1) is 29.9. The maximum absolute atomic E-state index is 4.58. The molecule has 0 aliphatic rings. The van der Waals surface area contributed by atoms with Gasteiger partial charge in [-0.25, -0.2) is 0 Å². The highest BCUT2D eigenvalue weighted by atomic mass is 15.1. The molecule has 1 aromatic heterocycles. The van der Waals surface area contributed by atoms with Crippen molar-refractivity contribution in [3.8, 4) is 55.8 Å². The summed E-state index contributed by atoms with van der Waals surface area (Å²) in [5, 5.41) is 0. The van der Waals surface area contributed by atoms with Crippen LogP contribution in [0.15, 0.2) is 206 Å². The third kappa shape index (κ3) is 6.54. The van der Waals surface area contributed by atoms with E-state index in [-0.39, 0.29) is 0 Å². The zero-order valence-corrected chi connectivity index (χ0v) is 27.0. The summed E-state index contributed by atoms with van der Waals surface area (Å²) in [7, 11) is 0. The highest BCUT2D eigenvalue weighted by Crippen LogP contribution is 2.41. The minimum Gasteiger partial charge on any atom is -0.310 e. The summed E-state index contributed by atoms with van der Waals surface area (Å²) in [6.07, 6.45) is 1.84. The Balaban J connectivity index is 1.22. The van der Waals surface area contributed by atoms with E-state index in [1.54, 1.807) is 0 Å². The summed E-state index contributed by atoms with van der Waals surface area (Å²) < 4.78 is 0. The first-order chi connectivity index (χ1) is 24.3. The van der Waals surface area contributed by atoms with E-state index in [0.29, 0.717) is 0 Å². The molecule has 0 spiro atoms. The van der Waals surface area contributed by atoms with Gasteiger partial charge in [0, 0.05) is 28.8 Å². The Hall–Kier alpha value is -6.51. The Bertz CT molecular complexity index is 2210. The maximum atomic E-state index is 4.58. The number of benzene rings is 7. The number of nitrogens with zero attached hydrogens (tertiary/aromatic N) is 2. The second kappa shape index (κ2) is 13.7. The topological polar surface area (TPSA) is 16.1 Å². The van der Waals surface area contributed by atoms with E-state index in [2.05, 4.69) is 192 Å². The Kier molecular flexibility index (Phi) is 8.34. The van der Waals surface area contributed by atoms with Crippen LogP contribution in [0.25, 0.3) is 55.8 Å². The van der Waals surface area contributed by atoms with Gasteiger partial charge in [0.1, 0.15) is 0 Å². The summed E-state index contributed by atoms with van der Waals surface area (Å²) in [5.74, 6) is 0. The zero-order valence-electron chi connectivity index (χ0n) is 27.0. The van der Waals surface area contributed by atoms with Gasteiger partial charge in [0.25, 0.3) is 0 Å². The molecule has 2 heteroatoms. The molecular formula is C47H34N2. The summed E-state index contributed by atoms with van der Waals surface area (Å²) in [6, 6.07) is 71.1. The SMILES string of the molecule is c1ccc(-c2ccc(-c3ccc(N(c4ccc(-c5ccccn5)cc4)c4cc(-c5ccccc5)cc(-c5ccccc5)c4)cc3)cc2)cc1. The Morgan fingerprint density at radius 2 is 0.633 bits per heavy atom. The Labute approximate surface area is 288 Å². The lowest BCUT2D eigenvalue weighted by Crippen LogP contribution is -2.10. The molecule has 2 nitrogen and oxygen atoms in total. The Morgan fingerprint density at radius 3 is 1.06 bits per heavy atom. The predicted octanol–water partition coefficient (Wildman–Crippen LogP) is 12.9. The molecule has 0 amide bonds. The van der Waals surface area contributed by atoms with E-state index >= 15 is 0 Å². The minimum absolute atomic E-state index is 0.959. The fourth-order valence-electron chi connectivity index (χ4n) is 6.39. The quantitative estimate of drug-likeness (QED) is 0.167. The van der Waals surface area contributed by atoms with Gasteiger partial charge in [-0.1, -0.05) is 146 Å². The molecule has 0 saturated carbocycles. The van der Waals surface area contributed by atoms with Crippen molar-refractivity contribution < 1.29 is 0 Å². The third-order valence-electron chi connectivity index (χ3n) is 8.93. The molecule has 1 heterocycles. The van der Waals surface area contributed by atoms with Crippen LogP contribution in [-0.2, 0) is 0 Å². The number of pyridine rings is 1. The van der Waals surface area contributed by atoms with Gasteiger partial charge in [0.15, 0.2) is 0 Å². The number of rotatable bonds is 8. The number of hydrogen-bond donors (Lipinski definition) is 0. The van der Waals surface area contributed by atoms with Crippen LogP contribution < -0.4 is 4.90 Å². The molecule has 8 aromatic rings. The fraction of sp³-hybridized carbons (Fsp3) is 0. The summed E-state index contributed by atoms with van der Waals surface area (Å²) in [5.41, 5.74) is 14.8. The second-order valence-corrected chi connectivity index (χ2v) is 12.1. The molecule has 0 aliphatic heterocycles. The highest BCUT2D eigenvalue weighted by Gasteiger charge is 2.16. The summed E-state index contributed by atoms with van der Waals surface area (Å²) in [6.45, 7) is 0. The van der Waals surface area contributed by atoms with Crippen LogP contribution in [0.4, 0.5) is 17.1 Å². The van der Waals surface area contributed by atoms with E-state index in [1.807, 2.05) is 24.4 Å². The molecule has 0 saturated heterocycles. The molecule has 7 aromatic carbocycles. The normalized spacial score (nSPS) is 10.9. The Morgan fingerprint density at radius 1 is 0.265 bits per heavy atom. The lowest BCUT2D eigenvalue weighted by Gasteiger charge is -2.27. The van der Waals surface area contributed by atoms with Crippen LogP contribution >= 0.6 is 0 Å². The van der Waals surface area contributed by atoms with E-state index < -0.39 is 0 Å². The van der Waals surface area contributed by atoms with Crippen molar-refractivity contribution in [3.63, 3.8) is 0 Å². The minimum atomic E-state index is 0.959.